The minimum atomic E-state index is -0.281. The molecule has 2 aliphatic rings. The molecule has 1 atom stereocenters. The molecule has 2 heterocycles. The number of amides is 2. The van der Waals surface area contributed by atoms with E-state index in [2.05, 4.69) is 26.0 Å². The number of nitrogens with zero attached hydrogens (tertiary/aromatic N) is 3. The summed E-state index contributed by atoms with van der Waals surface area (Å²) in [6.07, 6.45) is 0.579. The fourth-order valence-electron chi connectivity index (χ4n) is 4.01. The summed E-state index contributed by atoms with van der Waals surface area (Å²) in [6.45, 7) is 7.96. The Balaban J connectivity index is 1.65. The number of hydrogen-bond acceptors (Lipinski definition) is 5. The van der Waals surface area contributed by atoms with Gasteiger partial charge >= 0.3 is 0 Å². The lowest BCUT2D eigenvalue weighted by Gasteiger charge is -2.25. The van der Waals surface area contributed by atoms with Crippen LogP contribution >= 0.6 is 0 Å². The van der Waals surface area contributed by atoms with Gasteiger partial charge in [-0.1, -0.05) is 32.0 Å². The molecule has 0 radical (unpaired) electrons. The van der Waals surface area contributed by atoms with E-state index in [0.717, 1.165) is 16.8 Å². The Morgan fingerprint density at radius 3 is 2.56 bits per heavy atom. The first-order valence-electron chi connectivity index (χ1n) is 10.9. The van der Waals surface area contributed by atoms with Crippen molar-refractivity contribution in [3.8, 4) is 11.5 Å². The van der Waals surface area contributed by atoms with Crippen LogP contribution in [-0.2, 0) is 9.59 Å². The summed E-state index contributed by atoms with van der Waals surface area (Å²) in [7, 11) is 1.65. The maximum atomic E-state index is 13.3. The molecule has 2 aliphatic heterocycles. The number of fused-ring (bicyclic) bond motifs is 1. The summed E-state index contributed by atoms with van der Waals surface area (Å²) in [5, 5.41) is 6.25. The molecule has 2 aromatic carbocycles. The lowest BCUT2D eigenvalue weighted by atomic mass is 9.96. The van der Waals surface area contributed by atoms with Crippen molar-refractivity contribution in [3.05, 3.63) is 58.7 Å². The van der Waals surface area contributed by atoms with Gasteiger partial charge in [0.2, 0.25) is 12.7 Å². The van der Waals surface area contributed by atoms with Crippen molar-refractivity contribution < 1.29 is 19.1 Å². The van der Waals surface area contributed by atoms with Crippen LogP contribution in [0.4, 0.5) is 0 Å². The molecule has 4 rings (SSSR count). The topological polar surface area (TPSA) is 71.4 Å². The molecular formula is C25H29N3O4. The SMILES string of the molecule is Cc1ccc(C2=NN(C(=O)CN(C)C(=O)C(C)C)[C@@H](c3ccc4c(c3)OCO4)C2)cc1C. The summed E-state index contributed by atoms with van der Waals surface area (Å²) in [4.78, 5) is 27.0. The Morgan fingerprint density at radius 1 is 1.09 bits per heavy atom. The molecule has 0 unspecified atom stereocenters. The first kappa shape index (κ1) is 21.9. The highest BCUT2D eigenvalue weighted by Gasteiger charge is 2.35. The molecule has 7 nitrogen and oxygen atoms in total. The van der Waals surface area contributed by atoms with Gasteiger partial charge in [-0.15, -0.1) is 0 Å². The number of rotatable bonds is 5. The van der Waals surface area contributed by atoms with Crippen LogP contribution in [0.5, 0.6) is 11.5 Å². The van der Waals surface area contributed by atoms with E-state index in [9.17, 15) is 9.59 Å². The molecule has 0 saturated heterocycles. The quantitative estimate of drug-likeness (QED) is 0.716. The monoisotopic (exact) mass is 435 g/mol. The predicted molar refractivity (Wildman–Crippen MR) is 122 cm³/mol. The van der Waals surface area contributed by atoms with Gasteiger partial charge in [-0.3, -0.25) is 9.59 Å². The largest absolute Gasteiger partial charge is 0.454 e. The number of aryl methyl sites for hydroxylation is 2. The first-order chi connectivity index (χ1) is 15.2. The molecule has 7 heteroatoms. The van der Waals surface area contributed by atoms with E-state index in [4.69, 9.17) is 14.6 Å². The lowest BCUT2D eigenvalue weighted by molar-refractivity contribution is -0.142. The van der Waals surface area contributed by atoms with Crippen LogP contribution in [0, 0.1) is 19.8 Å². The molecular weight excluding hydrogens is 406 g/mol. The highest BCUT2D eigenvalue weighted by molar-refractivity contribution is 6.03. The second kappa shape index (κ2) is 8.65. The zero-order chi connectivity index (χ0) is 23.0. The number of likely N-dealkylation sites (N-methyl/N-ethyl adjacent to an activating group) is 1. The molecule has 32 heavy (non-hydrogen) atoms. The van der Waals surface area contributed by atoms with Gasteiger partial charge in [0, 0.05) is 19.4 Å². The second-order valence-corrected chi connectivity index (χ2v) is 8.77. The van der Waals surface area contributed by atoms with E-state index in [1.807, 2.05) is 38.1 Å². The zero-order valence-electron chi connectivity index (χ0n) is 19.2. The van der Waals surface area contributed by atoms with Crippen molar-refractivity contribution in [1.82, 2.24) is 9.91 Å². The van der Waals surface area contributed by atoms with Gasteiger partial charge < -0.3 is 14.4 Å². The molecule has 0 spiro atoms. The van der Waals surface area contributed by atoms with E-state index >= 15 is 0 Å². The number of carbonyl (C=O) groups is 2. The van der Waals surface area contributed by atoms with Gasteiger partial charge in [0.05, 0.1) is 11.8 Å². The van der Waals surface area contributed by atoms with E-state index in [-0.39, 0.29) is 37.1 Å². The average molecular weight is 436 g/mol. The van der Waals surface area contributed by atoms with E-state index in [1.54, 1.807) is 7.05 Å². The molecule has 2 amide bonds. The third-order valence-electron chi connectivity index (χ3n) is 6.03. The van der Waals surface area contributed by atoms with Gasteiger partial charge in [-0.05, 0) is 54.3 Å². The lowest BCUT2D eigenvalue weighted by Crippen LogP contribution is -2.40. The van der Waals surface area contributed by atoms with Gasteiger partial charge in [0.1, 0.15) is 6.54 Å². The van der Waals surface area contributed by atoms with Crippen molar-refractivity contribution in [2.24, 2.45) is 11.0 Å². The molecule has 0 aliphatic carbocycles. The molecule has 0 bridgehead atoms. The number of carbonyl (C=O) groups excluding carboxylic acids is 2. The number of hydrazone groups is 1. The predicted octanol–water partition coefficient (Wildman–Crippen LogP) is 3.82. The Bertz CT molecular complexity index is 1090. The Kier molecular flexibility index (Phi) is 5.91. The second-order valence-electron chi connectivity index (χ2n) is 8.77. The summed E-state index contributed by atoms with van der Waals surface area (Å²) in [5.74, 6) is 0.896. The summed E-state index contributed by atoms with van der Waals surface area (Å²) in [5.41, 5.74) is 5.16. The van der Waals surface area contributed by atoms with Crippen molar-refractivity contribution >= 4 is 17.5 Å². The third kappa shape index (κ3) is 4.20. The van der Waals surface area contributed by atoms with Gasteiger partial charge in [-0.2, -0.15) is 5.10 Å². The molecule has 0 aromatic heterocycles. The first-order valence-corrected chi connectivity index (χ1v) is 10.9. The van der Waals surface area contributed by atoms with Crippen LogP contribution in [0.2, 0.25) is 0 Å². The highest BCUT2D eigenvalue weighted by Crippen LogP contribution is 2.39. The summed E-state index contributed by atoms with van der Waals surface area (Å²) in [6, 6.07) is 11.7. The van der Waals surface area contributed by atoms with Crippen molar-refractivity contribution in [3.63, 3.8) is 0 Å². The van der Waals surface area contributed by atoms with Crippen LogP contribution < -0.4 is 9.47 Å². The molecule has 0 N–H and O–H groups in total. The van der Waals surface area contributed by atoms with Crippen molar-refractivity contribution in [1.29, 1.82) is 0 Å². The number of benzene rings is 2. The average Bonchev–Trinajstić information content (AvgIpc) is 3.41. The van der Waals surface area contributed by atoms with Crippen LogP contribution in [0.3, 0.4) is 0 Å². The smallest absolute Gasteiger partial charge is 0.262 e. The number of ether oxygens (including phenoxy) is 2. The van der Waals surface area contributed by atoms with Gasteiger partial charge in [0.15, 0.2) is 11.5 Å². The molecule has 2 aromatic rings. The van der Waals surface area contributed by atoms with Crippen LogP contribution in [0.25, 0.3) is 0 Å². The molecule has 0 saturated carbocycles. The van der Waals surface area contributed by atoms with Crippen LogP contribution in [0.1, 0.15) is 48.6 Å². The van der Waals surface area contributed by atoms with Crippen molar-refractivity contribution in [2.75, 3.05) is 20.4 Å². The standard InChI is InChI=1S/C25H29N3O4/c1-15(2)25(30)27(5)13-24(29)28-21(19-8-9-22-23(11-19)32-14-31-22)12-20(26-28)18-7-6-16(3)17(4)10-18/h6-11,15,21H,12-14H2,1-5H3/t21-/m1/s1. The minimum Gasteiger partial charge on any atom is -0.454 e. The maximum Gasteiger partial charge on any atom is 0.262 e. The third-order valence-corrected chi connectivity index (χ3v) is 6.03. The summed E-state index contributed by atoms with van der Waals surface area (Å²) >= 11 is 0. The van der Waals surface area contributed by atoms with Crippen molar-refractivity contribution in [2.45, 2.75) is 40.2 Å². The number of hydrogen-bond donors (Lipinski definition) is 0. The van der Waals surface area contributed by atoms with E-state index in [0.29, 0.717) is 17.9 Å². The van der Waals surface area contributed by atoms with Crippen LogP contribution in [-0.4, -0.2) is 47.8 Å². The Labute approximate surface area is 188 Å². The molecule has 168 valence electrons. The van der Waals surface area contributed by atoms with Gasteiger partial charge in [-0.25, -0.2) is 5.01 Å². The Morgan fingerprint density at radius 2 is 1.84 bits per heavy atom. The maximum absolute atomic E-state index is 13.3. The minimum absolute atomic E-state index is 0.0260. The van der Waals surface area contributed by atoms with E-state index in [1.165, 1.54) is 21.0 Å². The fourth-order valence-corrected chi connectivity index (χ4v) is 4.01. The zero-order valence-corrected chi connectivity index (χ0v) is 19.2. The molecule has 0 fully saturated rings. The summed E-state index contributed by atoms with van der Waals surface area (Å²) < 4.78 is 11.0. The van der Waals surface area contributed by atoms with E-state index < -0.39 is 0 Å². The fraction of sp³-hybridized carbons (Fsp3) is 0.400. The van der Waals surface area contributed by atoms with Crippen LogP contribution in [0.15, 0.2) is 41.5 Å². The van der Waals surface area contributed by atoms with Gasteiger partial charge in [0.25, 0.3) is 5.91 Å². The Hall–Kier alpha value is -3.35. The highest BCUT2D eigenvalue weighted by atomic mass is 16.7. The normalized spacial score (nSPS) is 17.0.